The summed E-state index contributed by atoms with van der Waals surface area (Å²) in [7, 11) is -3.60. The van der Waals surface area contributed by atoms with Gasteiger partial charge in [-0.2, -0.15) is 4.31 Å². The van der Waals surface area contributed by atoms with Crippen LogP contribution >= 0.6 is 11.3 Å². The van der Waals surface area contributed by atoms with Gasteiger partial charge in [-0.25, -0.2) is 13.4 Å². The highest BCUT2D eigenvalue weighted by Crippen LogP contribution is 2.32. The van der Waals surface area contributed by atoms with Crippen LogP contribution in [0.25, 0.3) is 6.08 Å². The van der Waals surface area contributed by atoms with E-state index in [4.69, 9.17) is 4.74 Å². The Morgan fingerprint density at radius 1 is 1.31 bits per heavy atom. The quantitative estimate of drug-likeness (QED) is 0.740. The Morgan fingerprint density at radius 3 is 2.73 bits per heavy atom. The Hall–Kier alpha value is -1.70. The molecule has 2 heterocycles. The topological polar surface area (TPSA) is 59.5 Å². The van der Waals surface area contributed by atoms with Gasteiger partial charge in [-0.15, -0.1) is 11.3 Å². The molecule has 1 aromatic heterocycles. The van der Waals surface area contributed by atoms with Crippen LogP contribution in [0.3, 0.4) is 0 Å². The van der Waals surface area contributed by atoms with Gasteiger partial charge in [-0.3, -0.25) is 0 Å². The zero-order valence-corrected chi connectivity index (χ0v) is 17.1. The third kappa shape index (κ3) is 4.16. The van der Waals surface area contributed by atoms with E-state index in [0.29, 0.717) is 13.1 Å². The van der Waals surface area contributed by atoms with Gasteiger partial charge in [-0.05, 0) is 43.5 Å². The highest BCUT2D eigenvalue weighted by atomic mass is 32.2. The van der Waals surface area contributed by atoms with Crippen LogP contribution in [0.2, 0.25) is 0 Å². The Morgan fingerprint density at radius 2 is 2.08 bits per heavy atom. The van der Waals surface area contributed by atoms with Crippen molar-refractivity contribution in [2.24, 2.45) is 5.92 Å². The number of ether oxygens (including phenoxy) is 1. The van der Waals surface area contributed by atoms with Crippen LogP contribution in [0.15, 0.2) is 40.2 Å². The van der Waals surface area contributed by atoms with E-state index in [-0.39, 0.29) is 15.9 Å². The second-order valence-corrected chi connectivity index (χ2v) is 10.4. The molecule has 0 saturated heterocycles. The number of nitrogens with zero attached hydrogens (tertiary/aromatic N) is 2. The average molecular weight is 393 g/mol. The molecule has 140 valence electrons. The second kappa shape index (κ2) is 7.13. The lowest BCUT2D eigenvalue weighted by Gasteiger charge is -2.28. The van der Waals surface area contributed by atoms with Crippen LogP contribution in [0.4, 0.5) is 0 Å². The fraction of sp³-hybridized carbons (Fsp3) is 0.421. The summed E-state index contributed by atoms with van der Waals surface area (Å²) >= 11 is 1.15. The molecule has 2 aromatic rings. The summed E-state index contributed by atoms with van der Waals surface area (Å²) in [6, 6.07) is 5.84. The molecule has 5 nitrogen and oxygen atoms in total. The van der Waals surface area contributed by atoms with Gasteiger partial charge in [0.15, 0.2) is 0 Å². The third-order valence-corrected chi connectivity index (χ3v) is 7.00. The predicted molar refractivity (Wildman–Crippen MR) is 105 cm³/mol. The van der Waals surface area contributed by atoms with Crippen molar-refractivity contribution in [2.45, 2.75) is 44.2 Å². The lowest BCUT2D eigenvalue weighted by Crippen LogP contribution is -2.34. The van der Waals surface area contributed by atoms with Crippen molar-refractivity contribution in [3.8, 4) is 5.75 Å². The van der Waals surface area contributed by atoms with Crippen molar-refractivity contribution in [3.05, 3.63) is 47.0 Å². The maximum absolute atomic E-state index is 12.9. The molecule has 0 N–H and O–H groups in total. The highest BCUT2D eigenvalue weighted by Gasteiger charge is 2.28. The van der Waals surface area contributed by atoms with Crippen LogP contribution in [-0.4, -0.2) is 29.9 Å². The fourth-order valence-electron chi connectivity index (χ4n) is 2.83. The molecule has 0 atom stereocenters. The summed E-state index contributed by atoms with van der Waals surface area (Å²) < 4.78 is 33.5. The monoisotopic (exact) mass is 392 g/mol. The van der Waals surface area contributed by atoms with Crippen molar-refractivity contribution in [1.29, 1.82) is 0 Å². The van der Waals surface area contributed by atoms with Crippen LogP contribution in [0, 0.1) is 5.92 Å². The number of fused-ring (bicyclic) bond motifs is 1. The molecule has 7 heteroatoms. The first-order chi connectivity index (χ1) is 12.2. The fourth-order valence-corrected chi connectivity index (χ4v) is 5.39. The Bertz CT molecular complexity index is 901. The minimum atomic E-state index is -3.60. The number of thiazole rings is 1. The van der Waals surface area contributed by atoms with Gasteiger partial charge in [0.05, 0.1) is 0 Å². The van der Waals surface area contributed by atoms with Crippen LogP contribution in [0.5, 0.6) is 5.75 Å². The van der Waals surface area contributed by atoms with E-state index in [1.54, 1.807) is 5.38 Å². The Labute approximate surface area is 159 Å². The van der Waals surface area contributed by atoms with E-state index in [1.165, 1.54) is 10.5 Å². The molecule has 1 aromatic carbocycles. The van der Waals surface area contributed by atoms with Crippen molar-refractivity contribution >= 4 is 27.4 Å². The van der Waals surface area contributed by atoms with Crippen LogP contribution < -0.4 is 4.74 Å². The van der Waals surface area contributed by atoms with Gasteiger partial charge in [0.25, 0.3) is 10.0 Å². The van der Waals surface area contributed by atoms with Crippen LogP contribution in [0.1, 0.15) is 38.8 Å². The zero-order valence-electron chi connectivity index (χ0n) is 15.5. The van der Waals surface area contributed by atoms with Crippen molar-refractivity contribution in [2.75, 3.05) is 6.54 Å². The van der Waals surface area contributed by atoms with E-state index in [2.05, 4.69) is 4.98 Å². The molecule has 1 aliphatic heterocycles. The van der Waals surface area contributed by atoms with Gasteiger partial charge in [0.2, 0.25) is 4.34 Å². The van der Waals surface area contributed by atoms with Crippen molar-refractivity contribution < 1.29 is 13.2 Å². The minimum Gasteiger partial charge on any atom is -0.483 e. The smallest absolute Gasteiger partial charge is 0.270 e. The second-order valence-electron chi connectivity index (χ2n) is 7.40. The third-order valence-electron chi connectivity index (χ3n) is 4.01. The Kier molecular flexibility index (Phi) is 5.23. The molecule has 3 rings (SSSR count). The lowest BCUT2D eigenvalue weighted by atomic mass is 10.0. The maximum atomic E-state index is 12.9. The van der Waals surface area contributed by atoms with Gasteiger partial charge in [-0.1, -0.05) is 26.0 Å². The molecule has 0 spiro atoms. The van der Waals surface area contributed by atoms with Gasteiger partial charge < -0.3 is 4.74 Å². The molecular formula is C19H24N2O3S2. The number of hydrogen-bond donors (Lipinski definition) is 0. The molecule has 0 saturated carbocycles. The molecule has 0 radical (unpaired) electrons. The summed E-state index contributed by atoms with van der Waals surface area (Å²) in [6.07, 6.45) is 5.57. The number of aromatic nitrogens is 1. The number of hydrogen-bond acceptors (Lipinski definition) is 5. The molecule has 0 fully saturated rings. The molecule has 0 unspecified atom stereocenters. The molecule has 26 heavy (non-hydrogen) atoms. The van der Waals surface area contributed by atoms with E-state index < -0.39 is 10.0 Å². The number of sulfonamides is 1. The van der Waals surface area contributed by atoms with Gasteiger partial charge in [0.1, 0.15) is 11.4 Å². The predicted octanol–water partition coefficient (Wildman–Crippen LogP) is 4.17. The van der Waals surface area contributed by atoms with E-state index in [9.17, 15) is 8.42 Å². The molecule has 0 amide bonds. The van der Waals surface area contributed by atoms with Crippen molar-refractivity contribution in [1.82, 2.24) is 9.29 Å². The van der Waals surface area contributed by atoms with Gasteiger partial charge >= 0.3 is 0 Å². The Balaban J connectivity index is 1.89. The summed E-state index contributed by atoms with van der Waals surface area (Å²) in [6.45, 7) is 8.78. The summed E-state index contributed by atoms with van der Waals surface area (Å²) in [5, 5.41) is 1.68. The normalized spacial score (nSPS) is 15.9. The summed E-state index contributed by atoms with van der Waals surface area (Å²) in [5.74, 6) is 1.03. The molecular weight excluding hydrogens is 368 g/mol. The largest absolute Gasteiger partial charge is 0.483 e. The minimum absolute atomic E-state index is 0.140. The highest BCUT2D eigenvalue weighted by molar-refractivity contribution is 7.91. The standard InChI is InChI=1S/C19H24N2O3S2/c1-14(2)12-21(26(22,23)18-20-9-10-25-18)13-15-5-6-17-16(11-15)7-8-19(3,4)24-17/h5-11,14H,12-13H2,1-4H3. The van der Waals surface area contributed by atoms with E-state index in [0.717, 1.165) is 28.2 Å². The number of rotatable bonds is 6. The molecule has 0 aliphatic carbocycles. The molecule has 0 bridgehead atoms. The lowest BCUT2D eigenvalue weighted by molar-refractivity contribution is 0.159. The van der Waals surface area contributed by atoms with E-state index >= 15 is 0 Å². The summed E-state index contributed by atoms with van der Waals surface area (Å²) in [4.78, 5) is 4.00. The summed E-state index contributed by atoms with van der Waals surface area (Å²) in [5.41, 5.74) is 1.57. The maximum Gasteiger partial charge on any atom is 0.270 e. The molecule has 1 aliphatic rings. The first kappa shape index (κ1) is 19.1. The van der Waals surface area contributed by atoms with E-state index in [1.807, 2.05) is 58.0 Å². The number of benzene rings is 1. The first-order valence-corrected chi connectivity index (χ1v) is 10.9. The average Bonchev–Trinajstić information content (AvgIpc) is 3.08. The first-order valence-electron chi connectivity index (χ1n) is 8.58. The van der Waals surface area contributed by atoms with Crippen molar-refractivity contribution in [3.63, 3.8) is 0 Å². The SMILES string of the molecule is CC(C)CN(Cc1ccc2c(c1)C=CC(C)(C)O2)S(=O)(=O)c1nccs1. The van der Waals surface area contributed by atoms with Crippen LogP contribution in [-0.2, 0) is 16.6 Å². The van der Waals surface area contributed by atoms with Gasteiger partial charge in [0, 0.05) is 30.2 Å². The zero-order chi connectivity index (χ0) is 18.9.